The Kier molecular flexibility index (Phi) is 5.79. The maximum absolute atomic E-state index is 9.18. The molecule has 0 aliphatic rings. The highest BCUT2D eigenvalue weighted by atomic mass is 32.2. The van der Waals surface area contributed by atoms with E-state index < -0.39 is 10.9 Å². The zero-order chi connectivity index (χ0) is 7.82. The lowest BCUT2D eigenvalue weighted by atomic mass is 11.1. The van der Waals surface area contributed by atoms with Gasteiger partial charge in [-0.1, -0.05) is 4.49 Å². The summed E-state index contributed by atoms with van der Waals surface area (Å²) in [6, 6.07) is 0. The summed E-state index contributed by atoms with van der Waals surface area (Å²) in [5.74, 6) is 0. The fraction of sp³-hybridized carbons (Fsp3) is 0. The number of hydrogen-bond acceptors (Lipinski definition) is 5. The Hall–Kier alpha value is -0.820. The van der Waals surface area contributed by atoms with Crippen LogP contribution in [-0.4, -0.2) is 24.7 Å². The first-order valence-corrected chi connectivity index (χ1v) is 4.06. The summed E-state index contributed by atoms with van der Waals surface area (Å²) in [6.45, 7) is 2.71. The van der Waals surface area contributed by atoms with Crippen molar-refractivity contribution >= 4 is 29.1 Å². The molecule has 0 amide bonds. The average Bonchev–Trinajstić information content (AvgIpc) is 2.43. The van der Waals surface area contributed by atoms with Crippen molar-refractivity contribution in [2.75, 3.05) is 0 Å². The maximum atomic E-state index is 9.18. The molecule has 0 atom stereocenters. The van der Waals surface area contributed by atoms with Gasteiger partial charge in [-0.3, -0.25) is 0 Å². The first-order chi connectivity index (χ1) is 4.77. The van der Waals surface area contributed by atoms with Gasteiger partial charge in [0, 0.05) is 12.1 Å². The summed E-state index contributed by atoms with van der Waals surface area (Å²) in [5.41, 5.74) is 0. The van der Waals surface area contributed by atoms with Crippen LogP contribution in [0.25, 0.3) is 0 Å². The van der Waals surface area contributed by atoms with Gasteiger partial charge < -0.3 is 0 Å². The number of aromatic nitrogens is 2. The van der Waals surface area contributed by atoms with Crippen LogP contribution >= 0.6 is 11.5 Å². The molecule has 7 heteroatoms. The van der Waals surface area contributed by atoms with E-state index in [9.17, 15) is 8.42 Å². The molecule has 0 fully saturated rings. The number of rotatable bonds is 1. The van der Waals surface area contributed by atoms with E-state index in [1.54, 1.807) is 6.20 Å². The molecule has 0 saturated carbocycles. The Labute approximate surface area is 63.7 Å². The third kappa shape index (κ3) is 7.18. The minimum atomic E-state index is -2.58. The predicted molar refractivity (Wildman–Crippen MR) is 39.8 cm³/mol. The molecule has 1 aromatic heterocycles. The third-order valence-corrected chi connectivity index (χ3v) is 1.06. The highest BCUT2D eigenvalue weighted by Crippen LogP contribution is 1.78. The molecule has 5 nitrogen and oxygen atoms in total. The lowest BCUT2D eigenvalue weighted by molar-refractivity contribution is 0.616. The summed E-state index contributed by atoms with van der Waals surface area (Å²) in [5, 5.41) is 5.31. The lowest BCUT2D eigenvalue weighted by Crippen LogP contribution is -1.56. The molecule has 0 radical (unpaired) electrons. The molecule has 1 heterocycles. The Morgan fingerprint density at radius 2 is 2.20 bits per heavy atom. The molecule has 10 heavy (non-hydrogen) atoms. The van der Waals surface area contributed by atoms with E-state index in [0.717, 1.165) is 0 Å². The quantitative estimate of drug-likeness (QED) is 0.476. The molecule has 56 valence electrons. The van der Waals surface area contributed by atoms with Gasteiger partial charge in [0.05, 0.1) is 6.20 Å². The number of thiol groups is 1. The van der Waals surface area contributed by atoms with Crippen LogP contribution < -0.4 is 0 Å². The van der Waals surface area contributed by atoms with Crippen LogP contribution in [0.15, 0.2) is 16.0 Å². The van der Waals surface area contributed by atoms with Crippen LogP contribution in [-0.2, 0) is 10.9 Å². The van der Waals surface area contributed by atoms with E-state index in [0.29, 0.717) is 0 Å². The first kappa shape index (κ1) is 9.18. The van der Waals surface area contributed by atoms with Crippen molar-refractivity contribution in [3.63, 3.8) is 0 Å². The van der Waals surface area contributed by atoms with Crippen LogP contribution in [0, 0.1) is 0 Å². The van der Waals surface area contributed by atoms with Gasteiger partial charge in [-0.2, -0.15) is 4.40 Å². The standard InChI is InChI=1S/C2H2N2S.CH3NO2S/c1-2-5-4-3-1;1-2-5(3)4/h1-2H;5H,1H2. The molecular formula is C3H5N3O2S2. The second-order valence-electron chi connectivity index (χ2n) is 0.967. The summed E-state index contributed by atoms with van der Waals surface area (Å²) in [6.07, 6.45) is 1.66. The summed E-state index contributed by atoms with van der Waals surface area (Å²) >= 11 is 1.35. The second kappa shape index (κ2) is 6.30. The highest BCUT2D eigenvalue weighted by molar-refractivity contribution is 7.71. The largest absolute Gasteiger partial charge is 0.242 e. The average molecular weight is 179 g/mol. The molecule has 0 spiro atoms. The van der Waals surface area contributed by atoms with Crippen LogP contribution in [0.2, 0.25) is 0 Å². The minimum absolute atomic E-state index is 1.35. The number of nitrogens with zero attached hydrogens (tertiary/aromatic N) is 3. The molecular weight excluding hydrogens is 174 g/mol. The summed E-state index contributed by atoms with van der Waals surface area (Å²) in [7, 11) is -2.58. The molecule has 1 aromatic rings. The topological polar surface area (TPSA) is 72.3 Å². The monoisotopic (exact) mass is 179 g/mol. The molecule has 0 unspecified atom stereocenters. The van der Waals surface area contributed by atoms with Gasteiger partial charge in [0.1, 0.15) is 0 Å². The van der Waals surface area contributed by atoms with Crippen molar-refractivity contribution < 1.29 is 8.42 Å². The third-order valence-electron chi connectivity index (χ3n) is 0.398. The van der Waals surface area contributed by atoms with Crippen LogP contribution in [0.1, 0.15) is 0 Å². The Bertz CT molecular complexity index is 205. The van der Waals surface area contributed by atoms with Crippen LogP contribution in [0.5, 0.6) is 0 Å². The Morgan fingerprint density at radius 1 is 1.60 bits per heavy atom. The van der Waals surface area contributed by atoms with E-state index >= 15 is 0 Å². The zero-order valence-corrected chi connectivity index (χ0v) is 6.59. The van der Waals surface area contributed by atoms with E-state index in [-0.39, 0.29) is 0 Å². The van der Waals surface area contributed by atoms with Gasteiger partial charge in [-0.05, 0) is 11.5 Å². The molecule has 0 aliphatic heterocycles. The van der Waals surface area contributed by atoms with Gasteiger partial charge in [0.2, 0.25) is 10.9 Å². The predicted octanol–water partition coefficient (Wildman–Crippen LogP) is -0.248. The van der Waals surface area contributed by atoms with Gasteiger partial charge in [-0.15, -0.1) is 5.10 Å². The van der Waals surface area contributed by atoms with Gasteiger partial charge in [0.25, 0.3) is 0 Å². The van der Waals surface area contributed by atoms with Crippen LogP contribution in [0.4, 0.5) is 0 Å². The van der Waals surface area contributed by atoms with E-state index in [4.69, 9.17) is 0 Å². The van der Waals surface area contributed by atoms with Crippen molar-refractivity contribution in [1.82, 2.24) is 9.59 Å². The van der Waals surface area contributed by atoms with Gasteiger partial charge in [0.15, 0.2) is 0 Å². The molecule has 0 saturated heterocycles. The lowest BCUT2D eigenvalue weighted by Gasteiger charge is -1.52. The Balaban J connectivity index is 0.000000162. The van der Waals surface area contributed by atoms with Crippen LogP contribution in [0.3, 0.4) is 0 Å². The van der Waals surface area contributed by atoms with E-state index in [1.807, 2.05) is 5.38 Å². The molecule has 0 aromatic carbocycles. The first-order valence-electron chi connectivity index (χ1n) is 2.09. The summed E-state index contributed by atoms with van der Waals surface area (Å²) < 4.78 is 24.5. The highest BCUT2D eigenvalue weighted by Gasteiger charge is 1.61. The normalized spacial score (nSPS) is 8.10. The van der Waals surface area contributed by atoms with Crippen molar-refractivity contribution in [2.45, 2.75) is 0 Å². The Morgan fingerprint density at radius 3 is 2.30 bits per heavy atom. The molecule has 0 bridgehead atoms. The van der Waals surface area contributed by atoms with E-state index in [1.165, 1.54) is 11.5 Å². The van der Waals surface area contributed by atoms with E-state index in [2.05, 4.69) is 20.7 Å². The SMILES string of the molecule is C=N[SH](=O)=O.c1csnn1. The van der Waals surface area contributed by atoms with Gasteiger partial charge in [-0.25, -0.2) is 8.42 Å². The maximum Gasteiger partial charge on any atom is 0.242 e. The molecule has 0 aliphatic carbocycles. The molecule has 1 rings (SSSR count). The number of hydrogen-bond donors (Lipinski definition) is 1. The summed E-state index contributed by atoms with van der Waals surface area (Å²) in [4.78, 5) is 0. The van der Waals surface area contributed by atoms with Crippen molar-refractivity contribution in [2.24, 2.45) is 4.40 Å². The van der Waals surface area contributed by atoms with Crippen molar-refractivity contribution in [1.29, 1.82) is 0 Å². The van der Waals surface area contributed by atoms with Crippen molar-refractivity contribution in [3.05, 3.63) is 11.6 Å². The fourth-order valence-corrected chi connectivity index (χ4v) is 0.408. The second-order valence-corrected chi connectivity index (χ2v) is 2.37. The fourth-order valence-electron chi connectivity index (χ4n) is 0.136. The molecule has 0 N–H and O–H groups in total. The van der Waals surface area contributed by atoms with Crippen molar-refractivity contribution in [3.8, 4) is 0 Å². The zero-order valence-electron chi connectivity index (χ0n) is 4.88. The minimum Gasteiger partial charge on any atom is -0.208 e. The smallest absolute Gasteiger partial charge is 0.208 e. The van der Waals surface area contributed by atoms with Gasteiger partial charge >= 0.3 is 0 Å².